The summed E-state index contributed by atoms with van der Waals surface area (Å²) in [5.41, 5.74) is 2.89. The maximum Gasteiger partial charge on any atom is 0.0406 e. The molecule has 0 spiro atoms. The summed E-state index contributed by atoms with van der Waals surface area (Å²) in [5, 5.41) is 3.43. The summed E-state index contributed by atoms with van der Waals surface area (Å²) in [5.74, 6) is 0.895. The average molecular weight is 246 g/mol. The van der Waals surface area contributed by atoms with Gasteiger partial charge >= 0.3 is 0 Å². The normalized spacial score (nSPS) is 17.9. The Morgan fingerprint density at radius 3 is 2.67 bits per heavy atom. The van der Waals surface area contributed by atoms with Gasteiger partial charge in [-0.05, 0) is 67.8 Å². The fourth-order valence-corrected chi connectivity index (χ4v) is 2.60. The smallest absolute Gasteiger partial charge is 0.0406 e. The maximum absolute atomic E-state index is 4.52. The van der Waals surface area contributed by atoms with Crippen molar-refractivity contribution in [3.63, 3.8) is 0 Å². The van der Waals surface area contributed by atoms with Gasteiger partial charge in [-0.2, -0.15) is 0 Å². The molecule has 2 heterocycles. The minimum atomic E-state index is 0.229. The van der Waals surface area contributed by atoms with Crippen LogP contribution in [0.1, 0.15) is 51.3 Å². The number of aromatic nitrogens is 1. The molecule has 100 valence electrons. The predicted octanol–water partition coefficient (Wildman–Crippen LogP) is 3.31. The molecule has 1 N–H and O–H groups in total. The van der Waals surface area contributed by atoms with Gasteiger partial charge in [-0.15, -0.1) is 0 Å². The van der Waals surface area contributed by atoms with Crippen LogP contribution >= 0.6 is 0 Å². The molecule has 0 amide bonds. The standard InChI is InChI=1S/C16H26N2/c1-16(2,3)14-8-11-18-15(12-14)5-4-13-6-9-17-10-7-13/h8,11-13,17H,4-7,9-10H2,1-3H3. The molecule has 0 aromatic carbocycles. The Morgan fingerprint density at radius 2 is 2.00 bits per heavy atom. The largest absolute Gasteiger partial charge is 0.317 e. The van der Waals surface area contributed by atoms with Crippen LogP contribution in [0.5, 0.6) is 0 Å². The number of aryl methyl sites for hydroxylation is 1. The molecule has 0 bridgehead atoms. The lowest BCUT2D eigenvalue weighted by molar-refractivity contribution is 0.353. The number of piperidine rings is 1. The van der Waals surface area contributed by atoms with Gasteiger partial charge in [0.05, 0.1) is 0 Å². The van der Waals surface area contributed by atoms with Gasteiger partial charge in [0.15, 0.2) is 0 Å². The molecule has 18 heavy (non-hydrogen) atoms. The Hall–Kier alpha value is -0.890. The molecule has 0 saturated carbocycles. The molecule has 0 radical (unpaired) electrons. The second-order valence-corrected chi connectivity index (χ2v) is 6.52. The molecule has 2 rings (SSSR count). The second-order valence-electron chi connectivity index (χ2n) is 6.52. The van der Waals surface area contributed by atoms with E-state index in [-0.39, 0.29) is 5.41 Å². The van der Waals surface area contributed by atoms with Crippen molar-refractivity contribution in [2.45, 2.75) is 51.9 Å². The topological polar surface area (TPSA) is 24.9 Å². The molecule has 1 aliphatic rings. The quantitative estimate of drug-likeness (QED) is 0.885. The second kappa shape index (κ2) is 5.83. The fourth-order valence-electron chi connectivity index (χ4n) is 2.60. The highest BCUT2D eigenvalue weighted by Crippen LogP contribution is 2.23. The van der Waals surface area contributed by atoms with E-state index in [1.807, 2.05) is 6.20 Å². The number of rotatable bonds is 3. The molecule has 0 unspecified atom stereocenters. The first kappa shape index (κ1) is 13.5. The zero-order chi connectivity index (χ0) is 13.0. The van der Waals surface area contributed by atoms with Crippen LogP contribution in [-0.2, 0) is 11.8 Å². The van der Waals surface area contributed by atoms with Crippen molar-refractivity contribution in [1.29, 1.82) is 0 Å². The molecule has 1 aromatic rings. The number of nitrogens with zero attached hydrogens (tertiary/aromatic N) is 1. The number of hydrogen-bond acceptors (Lipinski definition) is 2. The van der Waals surface area contributed by atoms with E-state index in [0.29, 0.717) is 0 Å². The summed E-state index contributed by atoms with van der Waals surface area (Å²) in [6, 6.07) is 4.44. The summed E-state index contributed by atoms with van der Waals surface area (Å²) < 4.78 is 0. The molecular formula is C16H26N2. The van der Waals surface area contributed by atoms with Crippen molar-refractivity contribution in [3.05, 3.63) is 29.6 Å². The zero-order valence-corrected chi connectivity index (χ0v) is 12.0. The Kier molecular flexibility index (Phi) is 4.39. The molecular weight excluding hydrogens is 220 g/mol. The van der Waals surface area contributed by atoms with E-state index in [1.165, 1.54) is 43.6 Å². The predicted molar refractivity (Wildman–Crippen MR) is 76.9 cm³/mol. The highest BCUT2D eigenvalue weighted by atomic mass is 14.9. The third-order valence-corrected chi connectivity index (χ3v) is 3.95. The lowest BCUT2D eigenvalue weighted by atomic mass is 9.86. The van der Waals surface area contributed by atoms with Crippen molar-refractivity contribution in [2.75, 3.05) is 13.1 Å². The van der Waals surface area contributed by atoms with Crippen LogP contribution in [0.4, 0.5) is 0 Å². The highest BCUT2D eigenvalue weighted by molar-refractivity contribution is 5.23. The first-order valence-corrected chi connectivity index (χ1v) is 7.22. The summed E-state index contributed by atoms with van der Waals surface area (Å²) in [6.07, 6.45) is 7.06. The van der Waals surface area contributed by atoms with Crippen molar-refractivity contribution in [2.24, 2.45) is 5.92 Å². The molecule has 1 aromatic heterocycles. The van der Waals surface area contributed by atoms with E-state index >= 15 is 0 Å². The van der Waals surface area contributed by atoms with Crippen LogP contribution in [-0.4, -0.2) is 18.1 Å². The summed E-state index contributed by atoms with van der Waals surface area (Å²) >= 11 is 0. The average Bonchev–Trinajstić information content (AvgIpc) is 2.37. The van der Waals surface area contributed by atoms with Crippen LogP contribution in [0.2, 0.25) is 0 Å². The Labute approximate surface area is 111 Å². The van der Waals surface area contributed by atoms with Crippen molar-refractivity contribution in [3.8, 4) is 0 Å². The van der Waals surface area contributed by atoms with Gasteiger partial charge < -0.3 is 5.32 Å². The van der Waals surface area contributed by atoms with E-state index in [9.17, 15) is 0 Å². The van der Waals surface area contributed by atoms with Crippen LogP contribution in [0.15, 0.2) is 18.3 Å². The third-order valence-electron chi connectivity index (χ3n) is 3.95. The monoisotopic (exact) mass is 246 g/mol. The molecule has 2 heteroatoms. The van der Waals surface area contributed by atoms with Crippen LogP contribution in [0.3, 0.4) is 0 Å². The fraction of sp³-hybridized carbons (Fsp3) is 0.688. The summed E-state index contributed by atoms with van der Waals surface area (Å²) in [4.78, 5) is 4.52. The molecule has 1 aliphatic heterocycles. The molecule has 0 atom stereocenters. The van der Waals surface area contributed by atoms with Gasteiger partial charge in [-0.3, -0.25) is 4.98 Å². The Morgan fingerprint density at radius 1 is 1.28 bits per heavy atom. The van der Waals surface area contributed by atoms with E-state index in [1.54, 1.807) is 0 Å². The molecule has 0 aliphatic carbocycles. The maximum atomic E-state index is 4.52. The minimum Gasteiger partial charge on any atom is -0.317 e. The number of hydrogen-bond donors (Lipinski definition) is 1. The van der Waals surface area contributed by atoms with Gasteiger partial charge in [0.1, 0.15) is 0 Å². The molecule has 2 nitrogen and oxygen atoms in total. The van der Waals surface area contributed by atoms with Gasteiger partial charge in [0.25, 0.3) is 0 Å². The zero-order valence-electron chi connectivity index (χ0n) is 12.0. The first-order valence-electron chi connectivity index (χ1n) is 7.22. The summed E-state index contributed by atoms with van der Waals surface area (Å²) in [7, 11) is 0. The minimum absolute atomic E-state index is 0.229. The Bertz CT molecular complexity index is 373. The lowest BCUT2D eigenvalue weighted by Gasteiger charge is -2.23. The third kappa shape index (κ3) is 3.81. The Balaban J connectivity index is 1.92. The van der Waals surface area contributed by atoms with E-state index in [4.69, 9.17) is 0 Å². The van der Waals surface area contributed by atoms with Gasteiger partial charge in [0.2, 0.25) is 0 Å². The van der Waals surface area contributed by atoms with E-state index < -0.39 is 0 Å². The summed E-state index contributed by atoms with van der Waals surface area (Å²) in [6.45, 7) is 9.18. The van der Waals surface area contributed by atoms with E-state index in [0.717, 1.165) is 12.3 Å². The van der Waals surface area contributed by atoms with Crippen molar-refractivity contribution in [1.82, 2.24) is 10.3 Å². The van der Waals surface area contributed by atoms with Crippen LogP contribution in [0.25, 0.3) is 0 Å². The van der Waals surface area contributed by atoms with Gasteiger partial charge in [-0.25, -0.2) is 0 Å². The SMILES string of the molecule is CC(C)(C)c1ccnc(CCC2CCNCC2)c1. The molecule has 1 fully saturated rings. The van der Waals surface area contributed by atoms with Crippen LogP contribution in [0, 0.1) is 5.92 Å². The highest BCUT2D eigenvalue weighted by Gasteiger charge is 2.16. The van der Waals surface area contributed by atoms with E-state index in [2.05, 4.69) is 43.2 Å². The molecule has 1 saturated heterocycles. The van der Waals surface area contributed by atoms with Crippen molar-refractivity contribution >= 4 is 0 Å². The lowest BCUT2D eigenvalue weighted by Crippen LogP contribution is -2.28. The van der Waals surface area contributed by atoms with Gasteiger partial charge in [0, 0.05) is 11.9 Å². The van der Waals surface area contributed by atoms with Crippen LogP contribution < -0.4 is 5.32 Å². The first-order chi connectivity index (χ1) is 8.55. The van der Waals surface area contributed by atoms with Crippen molar-refractivity contribution < 1.29 is 0 Å². The number of pyridine rings is 1. The number of nitrogens with one attached hydrogen (secondary N) is 1. The van der Waals surface area contributed by atoms with Gasteiger partial charge in [-0.1, -0.05) is 20.8 Å².